The van der Waals surface area contributed by atoms with Crippen molar-refractivity contribution in [3.05, 3.63) is 47.5 Å². The molecule has 4 atom stereocenters. The van der Waals surface area contributed by atoms with Crippen LogP contribution in [0.3, 0.4) is 0 Å². The monoisotopic (exact) mass is 401 g/mol. The van der Waals surface area contributed by atoms with Gasteiger partial charge >= 0.3 is 0 Å². The first kappa shape index (κ1) is 19.9. The van der Waals surface area contributed by atoms with Gasteiger partial charge in [0, 0.05) is 20.1 Å². The van der Waals surface area contributed by atoms with Crippen LogP contribution in [0.1, 0.15) is 42.4 Å². The van der Waals surface area contributed by atoms with Crippen molar-refractivity contribution in [1.82, 2.24) is 14.7 Å². The maximum Gasteiger partial charge on any atom is 0.272 e. The molecule has 1 saturated heterocycles. The maximum absolute atomic E-state index is 13.1. The summed E-state index contributed by atoms with van der Waals surface area (Å²) in [6.45, 7) is 3.41. The van der Waals surface area contributed by atoms with Crippen LogP contribution < -0.4 is 4.74 Å². The standard InChI is InChI=1S/C22H28FN3O3/c1-3-4-17-11-19(25(2)24-17)22(28)26-12-14-9-20(27)21(10-15(14)13-26)29-18-7-5-16(23)6-8-18/h5-8,11,14-15,20-21,27H,3-4,9-10,12-13H2,1-2H3/t14-,15+,20+,21+/m0/s1. The van der Waals surface area contributed by atoms with Crippen molar-refractivity contribution in [3.63, 3.8) is 0 Å². The molecule has 0 spiro atoms. The van der Waals surface area contributed by atoms with E-state index in [1.165, 1.54) is 12.1 Å². The molecule has 1 aliphatic carbocycles. The molecule has 1 aromatic carbocycles. The summed E-state index contributed by atoms with van der Waals surface area (Å²) in [5.74, 6) is 0.797. The molecular weight excluding hydrogens is 373 g/mol. The van der Waals surface area contributed by atoms with Crippen molar-refractivity contribution in [1.29, 1.82) is 0 Å². The van der Waals surface area contributed by atoms with Crippen LogP contribution in [-0.2, 0) is 13.5 Å². The minimum atomic E-state index is -0.593. The van der Waals surface area contributed by atoms with Gasteiger partial charge in [-0.05, 0) is 61.4 Å². The van der Waals surface area contributed by atoms with Crippen LogP contribution in [0.2, 0.25) is 0 Å². The number of ether oxygens (including phenoxy) is 1. The van der Waals surface area contributed by atoms with Crippen LogP contribution in [-0.4, -0.2) is 51.0 Å². The van der Waals surface area contributed by atoms with Gasteiger partial charge in [0.25, 0.3) is 5.91 Å². The molecule has 0 bridgehead atoms. The van der Waals surface area contributed by atoms with Gasteiger partial charge in [-0.1, -0.05) is 13.3 Å². The van der Waals surface area contributed by atoms with E-state index in [0.717, 1.165) is 18.5 Å². The molecule has 156 valence electrons. The van der Waals surface area contributed by atoms with E-state index in [4.69, 9.17) is 4.74 Å². The van der Waals surface area contributed by atoms with Crippen LogP contribution in [0.4, 0.5) is 4.39 Å². The summed E-state index contributed by atoms with van der Waals surface area (Å²) in [5.41, 5.74) is 1.56. The molecule has 1 N–H and O–H groups in total. The van der Waals surface area contributed by atoms with Gasteiger partial charge in [-0.15, -0.1) is 0 Å². The number of aliphatic hydroxyl groups is 1. The number of carbonyl (C=O) groups excluding carboxylic acids is 1. The molecule has 2 fully saturated rings. The zero-order valence-electron chi connectivity index (χ0n) is 16.9. The molecule has 1 amide bonds. The van der Waals surface area contributed by atoms with Crippen molar-refractivity contribution in [2.75, 3.05) is 13.1 Å². The predicted molar refractivity (Wildman–Crippen MR) is 106 cm³/mol. The number of benzene rings is 1. The zero-order valence-corrected chi connectivity index (χ0v) is 16.9. The molecule has 2 aromatic rings. The number of carbonyl (C=O) groups is 1. The van der Waals surface area contributed by atoms with Crippen LogP contribution in [0, 0.1) is 17.7 Å². The highest BCUT2D eigenvalue weighted by molar-refractivity contribution is 5.93. The lowest BCUT2D eigenvalue weighted by Gasteiger charge is -2.35. The lowest BCUT2D eigenvalue weighted by molar-refractivity contribution is -0.0231. The second-order valence-corrected chi connectivity index (χ2v) is 8.27. The molecule has 4 rings (SSSR count). The zero-order chi connectivity index (χ0) is 20.5. The summed E-state index contributed by atoms with van der Waals surface area (Å²) in [7, 11) is 1.81. The number of hydrogen-bond donors (Lipinski definition) is 1. The minimum Gasteiger partial charge on any atom is -0.488 e. The van der Waals surface area contributed by atoms with E-state index in [1.54, 1.807) is 16.8 Å². The molecule has 7 heteroatoms. The topological polar surface area (TPSA) is 67.6 Å². The summed E-state index contributed by atoms with van der Waals surface area (Å²) < 4.78 is 20.7. The number of aromatic nitrogens is 2. The van der Waals surface area contributed by atoms with Crippen molar-refractivity contribution in [2.24, 2.45) is 18.9 Å². The van der Waals surface area contributed by atoms with E-state index >= 15 is 0 Å². The van der Waals surface area contributed by atoms with Gasteiger partial charge in [-0.25, -0.2) is 4.39 Å². The highest BCUT2D eigenvalue weighted by Gasteiger charge is 2.44. The number of aliphatic hydroxyl groups excluding tert-OH is 1. The Morgan fingerprint density at radius 1 is 1.24 bits per heavy atom. The number of aryl methyl sites for hydroxylation is 2. The molecule has 29 heavy (non-hydrogen) atoms. The Balaban J connectivity index is 1.41. The number of fused-ring (bicyclic) bond motifs is 1. The maximum atomic E-state index is 13.1. The van der Waals surface area contributed by atoms with Gasteiger partial charge < -0.3 is 14.7 Å². The quantitative estimate of drug-likeness (QED) is 0.837. The van der Waals surface area contributed by atoms with Gasteiger partial charge in [0.2, 0.25) is 0 Å². The second kappa shape index (κ2) is 8.14. The molecule has 1 aliphatic heterocycles. The molecule has 1 aromatic heterocycles. The first-order chi connectivity index (χ1) is 13.9. The van der Waals surface area contributed by atoms with Crippen LogP contribution >= 0.6 is 0 Å². The lowest BCUT2D eigenvalue weighted by atomic mass is 9.78. The van der Waals surface area contributed by atoms with E-state index in [2.05, 4.69) is 12.0 Å². The third-order valence-electron chi connectivity index (χ3n) is 6.13. The van der Waals surface area contributed by atoms with Crippen molar-refractivity contribution in [3.8, 4) is 5.75 Å². The van der Waals surface area contributed by atoms with Gasteiger partial charge in [-0.2, -0.15) is 5.10 Å². The number of hydrogen-bond acceptors (Lipinski definition) is 4. The smallest absolute Gasteiger partial charge is 0.272 e. The van der Waals surface area contributed by atoms with Gasteiger partial charge in [0.15, 0.2) is 0 Å². The predicted octanol–water partition coefficient (Wildman–Crippen LogP) is 2.80. The lowest BCUT2D eigenvalue weighted by Crippen LogP contribution is -2.42. The van der Waals surface area contributed by atoms with E-state index in [-0.39, 0.29) is 29.7 Å². The van der Waals surface area contributed by atoms with E-state index in [1.807, 2.05) is 18.0 Å². The summed E-state index contributed by atoms with van der Waals surface area (Å²) in [5, 5.41) is 15.0. The Labute approximate surface area is 170 Å². The van der Waals surface area contributed by atoms with Crippen LogP contribution in [0.25, 0.3) is 0 Å². The largest absolute Gasteiger partial charge is 0.488 e. The summed E-state index contributed by atoms with van der Waals surface area (Å²) in [4.78, 5) is 14.9. The van der Waals surface area contributed by atoms with Crippen molar-refractivity contribution < 1.29 is 19.0 Å². The third-order valence-corrected chi connectivity index (χ3v) is 6.13. The Morgan fingerprint density at radius 3 is 2.62 bits per heavy atom. The van der Waals surface area contributed by atoms with Crippen molar-refractivity contribution in [2.45, 2.75) is 44.8 Å². The molecule has 6 nitrogen and oxygen atoms in total. The second-order valence-electron chi connectivity index (χ2n) is 8.27. The third kappa shape index (κ3) is 4.15. The fourth-order valence-electron chi connectivity index (χ4n) is 4.64. The minimum absolute atomic E-state index is 0.00208. The number of nitrogens with zero attached hydrogens (tertiary/aromatic N) is 3. The SMILES string of the molecule is CCCc1cc(C(=O)N2C[C@H]3C[C@@H](Oc4ccc(F)cc4)[C@H](O)C[C@H]3C2)n(C)n1. The fraction of sp³-hybridized carbons (Fsp3) is 0.545. The molecular formula is C22H28FN3O3. The first-order valence-electron chi connectivity index (χ1n) is 10.4. The number of halogens is 1. The average Bonchev–Trinajstić information content (AvgIpc) is 3.26. The van der Waals surface area contributed by atoms with Gasteiger partial charge in [0.05, 0.1) is 11.8 Å². The summed E-state index contributed by atoms with van der Waals surface area (Å²) >= 11 is 0. The Hall–Kier alpha value is -2.41. The molecule has 0 radical (unpaired) electrons. The normalized spacial score (nSPS) is 26.4. The van der Waals surface area contributed by atoms with E-state index in [0.29, 0.717) is 37.4 Å². The van der Waals surface area contributed by atoms with E-state index < -0.39 is 6.10 Å². The van der Waals surface area contributed by atoms with Crippen LogP contribution in [0.5, 0.6) is 5.75 Å². The summed E-state index contributed by atoms with van der Waals surface area (Å²) in [6, 6.07) is 7.75. The first-order valence-corrected chi connectivity index (χ1v) is 10.4. The molecule has 1 saturated carbocycles. The molecule has 2 heterocycles. The Bertz CT molecular complexity index is 867. The van der Waals surface area contributed by atoms with E-state index in [9.17, 15) is 14.3 Å². The van der Waals surface area contributed by atoms with Gasteiger partial charge in [-0.3, -0.25) is 9.48 Å². The number of rotatable bonds is 5. The fourth-order valence-corrected chi connectivity index (χ4v) is 4.64. The van der Waals surface area contributed by atoms with Gasteiger partial charge in [0.1, 0.15) is 23.4 Å². The molecule has 2 aliphatic rings. The number of amides is 1. The van der Waals surface area contributed by atoms with Crippen molar-refractivity contribution >= 4 is 5.91 Å². The highest BCUT2D eigenvalue weighted by Crippen LogP contribution is 2.38. The Kier molecular flexibility index (Phi) is 5.58. The number of likely N-dealkylation sites (tertiary alicyclic amines) is 1. The Morgan fingerprint density at radius 2 is 1.93 bits per heavy atom. The van der Waals surface area contributed by atoms with Crippen LogP contribution in [0.15, 0.2) is 30.3 Å². The highest BCUT2D eigenvalue weighted by atomic mass is 19.1. The summed E-state index contributed by atoms with van der Waals surface area (Å²) in [6.07, 6.45) is 2.20. The average molecular weight is 401 g/mol. The molecule has 0 unspecified atom stereocenters.